The number of ether oxygens (including phenoxy) is 2. The van der Waals surface area contributed by atoms with Crippen molar-refractivity contribution in [3.8, 4) is 5.75 Å². The smallest absolute Gasteiger partial charge is 0.228 e. The average Bonchev–Trinajstić information content (AvgIpc) is 3.09. The first-order valence-corrected chi connectivity index (χ1v) is 8.47. The molecule has 2 fully saturated rings. The molecule has 0 radical (unpaired) electrons. The number of halogens is 1. The van der Waals surface area contributed by atoms with Gasteiger partial charge in [0.15, 0.2) is 0 Å². The third-order valence-corrected chi connectivity index (χ3v) is 4.80. The van der Waals surface area contributed by atoms with E-state index < -0.39 is 0 Å². The van der Waals surface area contributed by atoms with Crippen LogP contribution in [0.15, 0.2) is 24.3 Å². The second-order valence-electron chi connectivity index (χ2n) is 6.42. The molecule has 4 nitrogen and oxygen atoms in total. The molecule has 126 valence electrons. The van der Waals surface area contributed by atoms with Gasteiger partial charge in [-0.3, -0.25) is 4.79 Å². The van der Waals surface area contributed by atoms with Crippen molar-refractivity contribution in [1.29, 1.82) is 0 Å². The van der Waals surface area contributed by atoms with Crippen molar-refractivity contribution in [2.75, 3.05) is 32.9 Å². The maximum absolute atomic E-state index is 13.1. The zero-order valence-electron chi connectivity index (χ0n) is 13.4. The molecule has 0 saturated carbocycles. The fourth-order valence-electron chi connectivity index (χ4n) is 3.33. The molecule has 1 aromatic carbocycles. The van der Waals surface area contributed by atoms with Gasteiger partial charge in [-0.1, -0.05) is 6.07 Å². The Morgan fingerprint density at radius 2 is 2.13 bits per heavy atom. The van der Waals surface area contributed by atoms with Crippen LogP contribution in [0, 0.1) is 17.7 Å². The second-order valence-corrected chi connectivity index (χ2v) is 6.42. The van der Waals surface area contributed by atoms with Crippen molar-refractivity contribution in [2.24, 2.45) is 11.8 Å². The van der Waals surface area contributed by atoms with E-state index >= 15 is 0 Å². The van der Waals surface area contributed by atoms with E-state index in [1.165, 1.54) is 12.1 Å². The predicted octanol–water partition coefficient (Wildman–Crippen LogP) is 2.87. The van der Waals surface area contributed by atoms with Crippen molar-refractivity contribution in [3.05, 3.63) is 30.1 Å². The quantitative estimate of drug-likeness (QED) is 0.837. The normalized spacial score (nSPS) is 22.3. The highest BCUT2D eigenvalue weighted by atomic mass is 19.1. The Morgan fingerprint density at radius 3 is 2.83 bits per heavy atom. The molecule has 3 rings (SSSR count). The Labute approximate surface area is 136 Å². The van der Waals surface area contributed by atoms with Crippen LogP contribution in [0.4, 0.5) is 4.39 Å². The summed E-state index contributed by atoms with van der Waals surface area (Å²) in [5, 5.41) is 0. The first-order chi connectivity index (χ1) is 11.2. The molecule has 2 aliphatic rings. The maximum Gasteiger partial charge on any atom is 0.228 e. The summed E-state index contributed by atoms with van der Waals surface area (Å²) in [5.41, 5.74) is 0. The van der Waals surface area contributed by atoms with Gasteiger partial charge >= 0.3 is 0 Å². The van der Waals surface area contributed by atoms with E-state index in [2.05, 4.69) is 0 Å². The lowest BCUT2D eigenvalue weighted by atomic mass is 9.93. The second kappa shape index (κ2) is 7.77. The molecule has 5 heteroatoms. The summed E-state index contributed by atoms with van der Waals surface area (Å²) in [7, 11) is 0. The van der Waals surface area contributed by atoms with E-state index in [0.717, 1.165) is 38.8 Å². The van der Waals surface area contributed by atoms with Crippen LogP contribution >= 0.6 is 0 Å². The van der Waals surface area contributed by atoms with Crippen molar-refractivity contribution >= 4 is 5.91 Å². The summed E-state index contributed by atoms with van der Waals surface area (Å²) in [5.74, 6) is 1.22. The third kappa shape index (κ3) is 4.44. The molecule has 2 saturated heterocycles. The zero-order chi connectivity index (χ0) is 16.1. The Balaban J connectivity index is 1.36. The van der Waals surface area contributed by atoms with E-state index in [1.54, 1.807) is 12.1 Å². The van der Waals surface area contributed by atoms with Gasteiger partial charge < -0.3 is 14.4 Å². The lowest BCUT2D eigenvalue weighted by molar-refractivity contribution is -0.136. The van der Waals surface area contributed by atoms with Crippen molar-refractivity contribution in [2.45, 2.75) is 25.7 Å². The van der Waals surface area contributed by atoms with Crippen LogP contribution in [0.1, 0.15) is 25.7 Å². The first-order valence-electron chi connectivity index (χ1n) is 8.47. The van der Waals surface area contributed by atoms with Gasteiger partial charge in [-0.05, 0) is 43.7 Å². The molecule has 1 atom stereocenters. The number of rotatable bonds is 5. The summed E-state index contributed by atoms with van der Waals surface area (Å²) in [6.45, 7) is 3.56. The first kappa shape index (κ1) is 16.2. The van der Waals surface area contributed by atoms with Gasteiger partial charge in [-0.2, -0.15) is 0 Å². The summed E-state index contributed by atoms with van der Waals surface area (Å²) in [6.07, 6.45) is 3.85. The molecule has 0 aromatic heterocycles. The van der Waals surface area contributed by atoms with Crippen LogP contribution in [0.2, 0.25) is 0 Å². The highest BCUT2D eigenvalue weighted by molar-refractivity contribution is 5.79. The van der Waals surface area contributed by atoms with Gasteiger partial charge in [-0.15, -0.1) is 0 Å². The molecule has 0 N–H and O–H groups in total. The van der Waals surface area contributed by atoms with Crippen molar-refractivity contribution in [3.63, 3.8) is 0 Å². The number of carbonyl (C=O) groups excluding carboxylic acids is 1. The molecule has 2 heterocycles. The molecule has 1 amide bonds. The number of piperidine rings is 1. The highest BCUT2D eigenvalue weighted by Crippen LogP contribution is 2.24. The van der Waals surface area contributed by atoms with Crippen LogP contribution in [-0.2, 0) is 9.53 Å². The molecular formula is C18H24FNO3. The molecule has 1 aromatic rings. The Hall–Kier alpha value is -1.62. The van der Waals surface area contributed by atoms with Gasteiger partial charge in [0.25, 0.3) is 0 Å². The number of amides is 1. The van der Waals surface area contributed by atoms with Crippen LogP contribution in [0.3, 0.4) is 0 Å². The largest absolute Gasteiger partial charge is 0.493 e. The Kier molecular flexibility index (Phi) is 5.49. The highest BCUT2D eigenvalue weighted by Gasteiger charge is 2.30. The molecule has 23 heavy (non-hydrogen) atoms. The zero-order valence-corrected chi connectivity index (χ0v) is 13.4. The summed E-state index contributed by atoms with van der Waals surface area (Å²) in [6, 6.07) is 6.25. The van der Waals surface area contributed by atoms with Gasteiger partial charge in [0.1, 0.15) is 11.6 Å². The molecule has 1 unspecified atom stereocenters. The summed E-state index contributed by atoms with van der Waals surface area (Å²) in [4.78, 5) is 14.3. The number of nitrogens with zero attached hydrogens (tertiary/aromatic N) is 1. The number of likely N-dealkylation sites (tertiary alicyclic amines) is 1. The van der Waals surface area contributed by atoms with E-state index in [0.29, 0.717) is 31.5 Å². The maximum atomic E-state index is 13.1. The Morgan fingerprint density at radius 1 is 1.30 bits per heavy atom. The fraction of sp³-hybridized carbons (Fsp3) is 0.611. The van der Waals surface area contributed by atoms with Crippen molar-refractivity contribution in [1.82, 2.24) is 4.90 Å². The van der Waals surface area contributed by atoms with Crippen LogP contribution in [-0.4, -0.2) is 43.7 Å². The lowest BCUT2D eigenvalue weighted by Gasteiger charge is -2.33. The van der Waals surface area contributed by atoms with Crippen LogP contribution in [0.25, 0.3) is 0 Å². The topological polar surface area (TPSA) is 38.8 Å². The van der Waals surface area contributed by atoms with Gasteiger partial charge in [-0.25, -0.2) is 4.39 Å². The number of hydrogen-bond acceptors (Lipinski definition) is 3. The summed E-state index contributed by atoms with van der Waals surface area (Å²) >= 11 is 0. The van der Waals surface area contributed by atoms with Gasteiger partial charge in [0, 0.05) is 25.8 Å². The van der Waals surface area contributed by atoms with Crippen LogP contribution < -0.4 is 4.74 Å². The lowest BCUT2D eigenvalue weighted by Crippen LogP contribution is -2.42. The monoisotopic (exact) mass is 321 g/mol. The van der Waals surface area contributed by atoms with E-state index in [1.807, 2.05) is 4.90 Å². The molecule has 2 aliphatic heterocycles. The standard InChI is InChI=1S/C18H24FNO3/c19-16-2-1-3-17(12-16)23-11-6-14-4-8-20(9-5-14)18(21)15-7-10-22-13-15/h1-3,12,14-15H,4-11,13H2. The van der Waals surface area contributed by atoms with Gasteiger partial charge in [0.05, 0.1) is 19.1 Å². The summed E-state index contributed by atoms with van der Waals surface area (Å²) < 4.78 is 24.0. The predicted molar refractivity (Wildman–Crippen MR) is 84.7 cm³/mol. The molecule has 0 bridgehead atoms. The van der Waals surface area contributed by atoms with Gasteiger partial charge in [0.2, 0.25) is 5.91 Å². The Bertz CT molecular complexity index is 523. The van der Waals surface area contributed by atoms with E-state index in [9.17, 15) is 9.18 Å². The minimum atomic E-state index is -0.273. The van der Waals surface area contributed by atoms with E-state index in [4.69, 9.17) is 9.47 Å². The fourth-order valence-corrected chi connectivity index (χ4v) is 3.33. The molecule has 0 aliphatic carbocycles. The number of benzene rings is 1. The number of hydrogen-bond donors (Lipinski definition) is 0. The van der Waals surface area contributed by atoms with Crippen molar-refractivity contribution < 1.29 is 18.7 Å². The third-order valence-electron chi connectivity index (χ3n) is 4.80. The van der Waals surface area contributed by atoms with Crippen LogP contribution in [0.5, 0.6) is 5.75 Å². The minimum absolute atomic E-state index is 0.0721. The number of carbonyl (C=O) groups is 1. The molecule has 0 spiro atoms. The SMILES string of the molecule is O=C(C1CCOC1)N1CCC(CCOc2cccc(F)c2)CC1. The molecular weight excluding hydrogens is 297 g/mol. The van der Waals surface area contributed by atoms with E-state index in [-0.39, 0.29) is 17.6 Å². The average molecular weight is 321 g/mol. The minimum Gasteiger partial charge on any atom is -0.493 e.